The molecule has 140 valence electrons. The van der Waals surface area contributed by atoms with E-state index in [1.807, 2.05) is 38.1 Å². The van der Waals surface area contributed by atoms with Crippen molar-refractivity contribution >= 4 is 17.4 Å². The van der Waals surface area contributed by atoms with E-state index in [-0.39, 0.29) is 11.3 Å². The highest BCUT2D eigenvalue weighted by Crippen LogP contribution is 2.39. The molecule has 0 aromatic heterocycles. The molecular formula is C22H22FNO3. The second kappa shape index (κ2) is 7.74. The summed E-state index contributed by atoms with van der Waals surface area (Å²) < 4.78 is 13.2. The molecule has 2 aromatic rings. The Labute approximate surface area is 157 Å². The van der Waals surface area contributed by atoms with E-state index in [0.717, 1.165) is 24.0 Å². The molecule has 0 radical (unpaired) electrons. The second-order valence-corrected chi connectivity index (χ2v) is 6.77. The van der Waals surface area contributed by atoms with Crippen molar-refractivity contribution in [1.82, 2.24) is 4.90 Å². The van der Waals surface area contributed by atoms with Crippen LogP contribution in [-0.4, -0.2) is 28.2 Å². The summed E-state index contributed by atoms with van der Waals surface area (Å²) in [5.41, 5.74) is 2.13. The minimum absolute atomic E-state index is 0.0494. The highest BCUT2D eigenvalue weighted by Gasteiger charge is 2.45. The number of aryl methyl sites for hydroxylation is 1. The second-order valence-electron chi connectivity index (χ2n) is 6.77. The Morgan fingerprint density at radius 2 is 1.85 bits per heavy atom. The van der Waals surface area contributed by atoms with E-state index in [0.29, 0.717) is 12.1 Å². The summed E-state index contributed by atoms with van der Waals surface area (Å²) in [6.07, 6.45) is 1.63. The molecule has 5 heteroatoms. The van der Waals surface area contributed by atoms with Crippen LogP contribution < -0.4 is 0 Å². The first-order chi connectivity index (χ1) is 12.9. The molecule has 1 aliphatic heterocycles. The Kier molecular flexibility index (Phi) is 5.40. The maximum Gasteiger partial charge on any atom is 0.295 e. The predicted molar refractivity (Wildman–Crippen MR) is 101 cm³/mol. The molecule has 0 aliphatic carbocycles. The summed E-state index contributed by atoms with van der Waals surface area (Å²) in [6, 6.07) is 12.1. The van der Waals surface area contributed by atoms with Crippen LogP contribution in [0.2, 0.25) is 0 Å². The molecule has 27 heavy (non-hydrogen) atoms. The van der Waals surface area contributed by atoms with Crippen LogP contribution in [0.1, 0.15) is 42.5 Å². The molecule has 1 fully saturated rings. The van der Waals surface area contributed by atoms with Crippen molar-refractivity contribution < 1.29 is 19.1 Å². The summed E-state index contributed by atoms with van der Waals surface area (Å²) in [4.78, 5) is 26.9. The molecule has 1 N–H and O–H groups in total. The van der Waals surface area contributed by atoms with E-state index in [1.165, 1.54) is 29.2 Å². The molecular weight excluding hydrogens is 345 g/mol. The zero-order chi connectivity index (χ0) is 19.6. The van der Waals surface area contributed by atoms with Crippen molar-refractivity contribution in [3.05, 3.63) is 76.6 Å². The zero-order valence-corrected chi connectivity index (χ0v) is 15.4. The van der Waals surface area contributed by atoms with Crippen LogP contribution in [0, 0.1) is 12.7 Å². The predicted octanol–water partition coefficient (Wildman–Crippen LogP) is 4.36. The number of benzene rings is 2. The lowest BCUT2D eigenvalue weighted by atomic mass is 9.94. The lowest BCUT2D eigenvalue weighted by molar-refractivity contribution is -0.139. The maximum atomic E-state index is 13.2. The normalized spacial score (nSPS) is 18.9. The first-order valence-electron chi connectivity index (χ1n) is 9.05. The van der Waals surface area contributed by atoms with Crippen LogP contribution in [0.4, 0.5) is 4.39 Å². The average molecular weight is 367 g/mol. The minimum Gasteiger partial charge on any atom is -0.507 e. The fourth-order valence-corrected chi connectivity index (χ4v) is 3.39. The largest absolute Gasteiger partial charge is 0.507 e. The van der Waals surface area contributed by atoms with Crippen molar-refractivity contribution in [2.75, 3.05) is 6.54 Å². The first kappa shape index (κ1) is 18.8. The van der Waals surface area contributed by atoms with Gasteiger partial charge in [-0.25, -0.2) is 4.39 Å². The van der Waals surface area contributed by atoms with E-state index in [9.17, 15) is 19.1 Å². The number of aliphatic hydroxyl groups excluding tert-OH is 1. The Balaban J connectivity index is 2.16. The third kappa shape index (κ3) is 3.63. The Bertz CT molecular complexity index is 902. The van der Waals surface area contributed by atoms with Crippen LogP contribution in [0.3, 0.4) is 0 Å². The van der Waals surface area contributed by atoms with Gasteiger partial charge in [-0.2, -0.15) is 0 Å². The van der Waals surface area contributed by atoms with Gasteiger partial charge in [0.25, 0.3) is 11.7 Å². The molecule has 1 saturated heterocycles. The molecule has 1 aliphatic rings. The Morgan fingerprint density at radius 1 is 1.15 bits per heavy atom. The van der Waals surface area contributed by atoms with Crippen LogP contribution >= 0.6 is 0 Å². The number of rotatable bonds is 5. The van der Waals surface area contributed by atoms with Crippen LogP contribution in [-0.2, 0) is 9.59 Å². The fourth-order valence-electron chi connectivity index (χ4n) is 3.39. The third-order valence-electron chi connectivity index (χ3n) is 4.77. The van der Waals surface area contributed by atoms with Gasteiger partial charge in [-0.1, -0.05) is 43.2 Å². The zero-order valence-electron chi connectivity index (χ0n) is 15.4. The van der Waals surface area contributed by atoms with Gasteiger partial charge in [0.05, 0.1) is 11.6 Å². The summed E-state index contributed by atoms with van der Waals surface area (Å²) in [5, 5.41) is 10.8. The van der Waals surface area contributed by atoms with Gasteiger partial charge in [0.15, 0.2) is 0 Å². The van der Waals surface area contributed by atoms with E-state index in [1.54, 1.807) is 0 Å². The van der Waals surface area contributed by atoms with Gasteiger partial charge in [-0.3, -0.25) is 9.59 Å². The smallest absolute Gasteiger partial charge is 0.295 e. The number of unbranched alkanes of at least 4 members (excludes halogenated alkanes) is 1. The molecule has 1 heterocycles. The summed E-state index contributed by atoms with van der Waals surface area (Å²) in [6.45, 7) is 4.37. The van der Waals surface area contributed by atoms with Gasteiger partial charge in [0, 0.05) is 12.1 Å². The first-order valence-corrected chi connectivity index (χ1v) is 9.05. The molecule has 1 amide bonds. The van der Waals surface area contributed by atoms with Gasteiger partial charge >= 0.3 is 0 Å². The fraction of sp³-hybridized carbons (Fsp3) is 0.273. The van der Waals surface area contributed by atoms with Gasteiger partial charge in [0.2, 0.25) is 0 Å². The van der Waals surface area contributed by atoms with E-state index >= 15 is 0 Å². The van der Waals surface area contributed by atoms with E-state index in [4.69, 9.17) is 0 Å². The Morgan fingerprint density at radius 3 is 2.48 bits per heavy atom. The van der Waals surface area contributed by atoms with Crippen molar-refractivity contribution in [3.63, 3.8) is 0 Å². The number of halogens is 1. The molecule has 0 saturated carbocycles. The van der Waals surface area contributed by atoms with Gasteiger partial charge in [0.1, 0.15) is 11.6 Å². The highest BCUT2D eigenvalue weighted by atomic mass is 19.1. The number of ketones is 1. The lowest BCUT2D eigenvalue weighted by Gasteiger charge is -2.25. The summed E-state index contributed by atoms with van der Waals surface area (Å²) in [7, 11) is 0. The summed E-state index contributed by atoms with van der Waals surface area (Å²) in [5.74, 6) is -2.04. The monoisotopic (exact) mass is 367 g/mol. The maximum absolute atomic E-state index is 13.2. The number of amides is 1. The van der Waals surface area contributed by atoms with Gasteiger partial charge in [-0.15, -0.1) is 0 Å². The molecule has 1 atom stereocenters. The van der Waals surface area contributed by atoms with E-state index in [2.05, 4.69) is 0 Å². The number of Topliss-reactive ketones (excluding diaryl/α,β-unsaturated/α-hetero) is 1. The molecule has 0 bridgehead atoms. The van der Waals surface area contributed by atoms with Gasteiger partial charge in [-0.05, 0) is 43.2 Å². The quantitative estimate of drug-likeness (QED) is 0.485. The topological polar surface area (TPSA) is 57.6 Å². The van der Waals surface area contributed by atoms with Crippen molar-refractivity contribution in [2.24, 2.45) is 0 Å². The average Bonchev–Trinajstić information content (AvgIpc) is 2.91. The van der Waals surface area contributed by atoms with Crippen LogP contribution in [0.5, 0.6) is 0 Å². The summed E-state index contributed by atoms with van der Waals surface area (Å²) >= 11 is 0. The number of nitrogens with zero attached hydrogens (tertiary/aromatic N) is 1. The standard InChI is InChI=1S/C22H22FNO3/c1-3-4-12-24-19(16-7-5-6-14(2)13-16)18(21(26)22(24)27)20(25)15-8-10-17(23)11-9-15/h5-11,13,19,25H,3-4,12H2,1-2H3/b20-18-. The molecule has 0 spiro atoms. The molecule has 1 unspecified atom stereocenters. The van der Waals surface area contributed by atoms with Crippen LogP contribution in [0.15, 0.2) is 54.1 Å². The lowest BCUT2D eigenvalue weighted by Crippen LogP contribution is -2.30. The SMILES string of the molecule is CCCCN1C(=O)C(=O)/C(=C(\O)c2ccc(F)cc2)C1c1cccc(C)c1. The Hall–Kier alpha value is -2.95. The number of likely N-dealkylation sites (tertiary alicyclic amines) is 1. The molecule has 2 aromatic carbocycles. The number of hydrogen-bond donors (Lipinski definition) is 1. The van der Waals surface area contributed by atoms with Crippen molar-refractivity contribution in [2.45, 2.75) is 32.7 Å². The number of carbonyl (C=O) groups excluding carboxylic acids is 2. The number of hydrogen-bond acceptors (Lipinski definition) is 3. The number of aliphatic hydroxyl groups is 1. The minimum atomic E-state index is -0.709. The van der Waals surface area contributed by atoms with Crippen molar-refractivity contribution in [1.29, 1.82) is 0 Å². The highest BCUT2D eigenvalue weighted by molar-refractivity contribution is 6.46. The van der Waals surface area contributed by atoms with Crippen LogP contribution in [0.25, 0.3) is 5.76 Å². The van der Waals surface area contributed by atoms with E-state index < -0.39 is 23.5 Å². The number of carbonyl (C=O) groups is 2. The van der Waals surface area contributed by atoms with Gasteiger partial charge < -0.3 is 10.0 Å². The molecule has 3 rings (SSSR count). The van der Waals surface area contributed by atoms with Crippen molar-refractivity contribution in [3.8, 4) is 0 Å². The third-order valence-corrected chi connectivity index (χ3v) is 4.77. The molecule has 4 nitrogen and oxygen atoms in total.